The Balaban J connectivity index is 3.25. The van der Waals surface area contributed by atoms with Crippen LogP contribution in [-0.4, -0.2) is 11.9 Å². The first-order valence-electron chi connectivity index (χ1n) is 6.40. The van der Waals surface area contributed by atoms with Gasteiger partial charge in [-0.15, -0.1) is 0 Å². The Morgan fingerprint density at radius 1 is 0.950 bits per heavy atom. The summed E-state index contributed by atoms with van der Waals surface area (Å²) in [5.41, 5.74) is 1.69. The van der Waals surface area contributed by atoms with E-state index in [-0.39, 0.29) is 0 Å². The fraction of sp³-hybridized carbons (Fsp3) is 0.250. The van der Waals surface area contributed by atoms with E-state index >= 15 is 0 Å². The lowest BCUT2D eigenvalue weighted by Gasteiger charge is -2.15. The minimum atomic E-state index is -0.516. The van der Waals surface area contributed by atoms with Crippen LogP contribution in [0.1, 0.15) is 25.0 Å². The van der Waals surface area contributed by atoms with Crippen LogP contribution in [-0.2, 0) is 22.4 Å². The molecule has 0 saturated heterocycles. The molecule has 0 aromatic heterocycles. The lowest BCUT2D eigenvalue weighted by molar-refractivity contribution is -0.130. The van der Waals surface area contributed by atoms with E-state index in [0.29, 0.717) is 24.3 Å². The molecule has 0 bridgehead atoms. The molecule has 0 unspecified atom stereocenters. The first-order valence-corrected chi connectivity index (χ1v) is 6.40. The van der Waals surface area contributed by atoms with Crippen LogP contribution in [0.5, 0.6) is 11.5 Å². The molecule has 0 N–H and O–H groups in total. The van der Waals surface area contributed by atoms with Gasteiger partial charge in [0.15, 0.2) is 0 Å². The van der Waals surface area contributed by atoms with Crippen molar-refractivity contribution >= 4 is 11.9 Å². The lowest BCUT2D eigenvalue weighted by atomic mass is 10.0. The molecule has 1 rings (SSSR count). The van der Waals surface area contributed by atoms with Crippen molar-refractivity contribution in [2.75, 3.05) is 0 Å². The Morgan fingerprint density at radius 2 is 1.30 bits per heavy atom. The van der Waals surface area contributed by atoms with Gasteiger partial charge >= 0.3 is 11.9 Å². The van der Waals surface area contributed by atoms with E-state index in [9.17, 15) is 9.59 Å². The zero-order valence-corrected chi connectivity index (χ0v) is 11.8. The second-order valence-electron chi connectivity index (χ2n) is 3.98. The summed E-state index contributed by atoms with van der Waals surface area (Å²) >= 11 is 0. The quantitative estimate of drug-likeness (QED) is 0.454. The van der Waals surface area contributed by atoms with E-state index in [4.69, 9.17) is 9.47 Å². The van der Waals surface area contributed by atoms with Gasteiger partial charge in [-0.2, -0.15) is 0 Å². The van der Waals surface area contributed by atoms with Gasteiger partial charge in [-0.05, 0) is 25.0 Å². The monoisotopic (exact) mass is 274 g/mol. The number of carbonyl (C=O) groups is 2. The molecule has 0 saturated carbocycles. The fourth-order valence-corrected chi connectivity index (χ4v) is 1.92. The van der Waals surface area contributed by atoms with Crippen LogP contribution < -0.4 is 9.47 Å². The molecule has 20 heavy (non-hydrogen) atoms. The zero-order chi connectivity index (χ0) is 15.1. The van der Waals surface area contributed by atoms with Crippen LogP contribution in [0.4, 0.5) is 0 Å². The number of benzene rings is 1. The van der Waals surface area contributed by atoms with Crippen molar-refractivity contribution in [3.05, 3.63) is 48.6 Å². The molecule has 1 aromatic carbocycles. The SMILES string of the molecule is C=CC(=O)Oc1ccc(OC(=O)C=C)c(CC)c1CC. The minimum absolute atomic E-state index is 0.465. The van der Waals surface area contributed by atoms with Crippen molar-refractivity contribution in [3.8, 4) is 11.5 Å². The highest BCUT2D eigenvalue weighted by molar-refractivity contribution is 5.85. The minimum Gasteiger partial charge on any atom is -0.423 e. The maximum Gasteiger partial charge on any atom is 0.335 e. The highest BCUT2D eigenvalue weighted by Crippen LogP contribution is 2.32. The van der Waals surface area contributed by atoms with E-state index in [0.717, 1.165) is 23.3 Å². The molecule has 0 heterocycles. The summed E-state index contributed by atoms with van der Waals surface area (Å²) < 4.78 is 10.4. The van der Waals surface area contributed by atoms with Gasteiger partial charge in [-0.1, -0.05) is 27.0 Å². The molecule has 0 radical (unpaired) electrons. The summed E-state index contributed by atoms with van der Waals surface area (Å²) in [6, 6.07) is 3.23. The van der Waals surface area contributed by atoms with Gasteiger partial charge in [-0.25, -0.2) is 9.59 Å². The van der Waals surface area contributed by atoms with Crippen LogP contribution >= 0.6 is 0 Å². The van der Waals surface area contributed by atoms with Gasteiger partial charge < -0.3 is 9.47 Å². The highest BCUT2D eigenvalue weighted by atomic mass is 16.5. The summed E-state index contributed by atoms with van der Waals surface area (Å²) in [5.74, 6) is -0.101. The maximum absolute atomic E-state index is 11.3. The molecule has 0 amide bonds. The number of carbonyl (C=O) groups excluding carboxylic acids is 2. The van der Waals surface area contributed by atoms with E-state index in [1.54, 1.807) is 12.1 Å². The Morgan fingerprint density at radius 3 is 1.55 bits per heavy atom. The Hall–Kier alpha value is -2.36. The van der Waals surface area contributed by atoms with Gasteiger partial charge in [0.05, 0.1) is 0 Å². The molecule has 106 valence electrons. The molecule has 0 spiro atoms. The Kier molecular flexibility index (Phi) is 5.72. The summed E-state index contributed by atoms with van der Waals surface area (Å²) in [5, 5.41) is 0. The molecule has 0 atom stereocenters. The van der Waals surface area contributed by atoms with E-state index in [2.05, 4.69) is 13.2 Å². The fourth-order valence-electron chi connectivity index (χ4n) is 1.92. The van der Waals surface area contributed by atoms with Crippen molar-refractivity contribution in [1.82, 2.24) is 0 Å². The third kappa shape index (κ3) is 3.57. The number of esters is 2. The van der Waals surface area contributed by atoms with Crippen LogP contribution in [0.25, 0.3) is 0 Å². The maximum atomic E-state index is 11.3. The van der Waals surface area contributed by atoms with E-state index < -0.39 is 11.9 Å². The van der Waals surface area contributed by atoms with Crippen molar-refractivity contribution in [3.63, 3.8) is 0 Å². The first kappa shape index (κ1) is 15.7. The first-order chi connectivity index (χ1) is 9.57. The number of hydrogen-bond acceptors (Lipinski definition) is 4. The molecule has 0 aliphatic carbocycles. The van der Waals surface area contributed by atoms with Gasteiger partial charge in [0, 0.05) is 23.3 Å². The second-order valence-corrected chi connectivity index (χ2v) is 3.98. The number of rotatable bonds is 6. The average molecular weight is 274 g/mol. The van der Waals surface area contributed by atoms with Crippen LogP contribution in [0.15, 0.2) is 37.4 Å². The third-order valence-corrected chi connectivity index (χ3v) is 2.81. The summed E-state index contributed by atoms with van der Waals surface area (Å²) in [7, 11) is 0. The normalized spacial score (nSPS) is 9.70. The largest absolute Gasteiger partial charge is 0.423 e. The van der Waals surface area contributed by atoms with Crippen molar-refractivity contribution < 1.29 is 19.1 Å². The topological polar surface area (TPSA) is 52.6 Å². The molecule has 4 heteroatoms. The number of ether oxygens (including phenoxy) is 2. The lowest BCUT2D eigenvalue weighted by Crippen LogP contribution is -2.10. The van der Waals surface area contributed by atoms with Crippen LogP contribution in [0.3, 0.4) is 0 Å². The molecule has 4 nitrogen and oxygen atoms in total. The predicted molar refractivity (Wildman–Crippen MR) is 76.9 cm³/mol. The molecule has 0 fully saturated rings. The smallest absolute Gasteiger partial charge is 0.335 e. The van der Waals surface area contributed by atoms with Crippen LogP contribution in [0.2, 0.25) is 0 Å². The summed E-state index contributed by atoms with van der Waals surface area (Å²) in [6.45, 7) is 10.6. The molecule has 1 aromatic rings. The summed E-state index contributed by atoms with van der Waals surface area (Å²) in [4.78, 5) is 22.6. The van der Waals surface area contributed by atoms with Crippen LogP contribution in [0, 0.1) is 0 Å². The Bertz CT molecular complexity index is 495. The summed E-state index contributed by atoms with van der Waals surface area (Å²) in [6.07, 6.45) is 3.53. The zero-order valence-electron chi connectivity index (χ0n) is 11.8. The van der Waals surface area contributed by atoms with Crippen molar-refractivity contribution in [1.29, 1.82) is 0 Å². The molecular weight excluding hydrogens is 256 g/mol. The third-order valence-electron chi connectivity index (χ3n) is 2.81. The van der Waals surface area contributed by atoms with Crippen molar-refractivity contribution in [2.45, 2.75) is 26.7 Å². The predicted octanol–water partition coefficient (Wildman–Crippen LogP) is 2.99. The second kappa shape index (κ2) is 7.28. The Labute approximate surface area is 118 Å². The van der Waals surface area contributed by atoms with E-state index in [1.165, 1.54) is 0 Å². The standard InChI is InChI=1S/C16H18O4/c1-5-11-12(6-2)14(20-16(18)8-4)10-9-13(11)19-15(17)7-3/h7-10H,3-6H2,1-2H3. The van der Waals surface area contributed by atoms with Gasteiger partial charge in [0.2, 0.25) is 0 Å². The molecule has 0 aliphatic rings. The highest BCUT2D eigenvalue weighted by Gasteiger charge is 2.15. The average Bonchev–Trinajstić information content (AvgIpc) is 2.47. The van der Waals surface area contributed by atoms with Crippen molar-refractivity contribution in [2.24, 2.45) is 0 Å². The molecule has 0 aliphatic heterocycles. The van der Waals surface area contributed by atoms with E-state index in [1.807, 2.05) is 13.8 Å². The van der Waals surface area contributed by atoms with Gasteiger partial charge in [0.1, 0.15) is 11.5 Å². The van der Waals surface area contributed by atoms with Gasteiger partial charge in [0.25, 0.3) is 0 Å². The van der Waals surface area contributed by atoms with Gasteiger partial charge in [-0.3, -0.25) is 0 Å². The molecular formula is C16H18O4. The number of hydrogen-bond donors (Lipinski definition) is 0.